The van der Waals surface area contributed by atoms with Crippen molar-refractivity contribution in [3.05, 3.63) is 47.5 Å². The predicted molar refractivity (Wildman–Crippen MR) is 122 cm³/mol. The van der Waals surface area contributed by atoms with E-state index in [1.165, 1.54) is 25.1 Å². The second-order valence-corrected chi connectivity index (χ2v) is 10.7. The first kappa shape index (κ1) is 22.4. The van der Waals surface area contributed by atoms with Gasteiger partial charge in [-0.15, -0.1) is 0 Å². The second kappa shape index (κ2) is 8.99. The summed E-state index contributed by atoms with van der Waals surface area (Å²) in [5.41, 5.74) is 1.32. The van der Waals surface area contributed by atoms with E-state index in [1.807, 2.05) is 24.3 Å². The Morgan fingerprint density at radius 2 is 1.91 bits per heavy atom. The zero-order valence-electron chi connectivity index (χ0n) is 17.6. The van der Waals surface area contributed by atoms with Gasteiger partial charge in [-0.25, -0.2) is 8.42 Å². The summed E-state index contributed by atoms with van der Waals surface area (Å²) in [5.74, 6) is -0.113. The Labute approximate surface area is 192 Å². The van der Waals surface area contributed by atoms with Crippen LogP contribution in [0.4, 0.5) is 11.4 Å². The van der Waals surface area contributed by atoms with Gasteiger partial charge in [-0.05, 0) is 43.3 Å². The average Bonchev–Trinajstić information content (AvgIpc) is 2.78. The average molecular weight is 478 g/mol. The van der Waals surface area contributed by atoms with Crippen molar-refractivity contribution in [2.45, 2.75) is 23.5 Å². The van der Waals surface area contributed by atoms with Crippen molar-refractivity contribution in [3.63, 3.8) is 0 Å². The maximum Gasteiger partial charge on any atom is 0.262 e. The number of rotatable bonds is 5. The molecule has 0 aromatic heterocycles. The zero-order chi connectivity index (χ0) is 22.9. The number of hydrogen-bond acceptors (Lipinski definition) is 6. The summed E-state index contributed by atoms with van der Waals surface area (Å²) in [5, 5.41) is 2.37. The summed E-state index contributed by atoms with van der Waals surface area (Å²) in [7, 11) is -3.76. The number of piperazine rings is 1. The predicted octanol–water partition coefficient (Wildman–Crippen LogP) is 2.57. The number of fused-ring (bicyclic) bond motifs is 1. The molecule has 2 aromatic rings. The lowest BCUT2D eigenvalue weighted by Crippen LogP contribution is -2.49. The minimum atomic E-state index is -3.76. The van der Waals surface area contributed by atoms with Crippen molar-refractivity contribution in [1.29, 1.82) is 0 Å². The molecule has 32 heavy (non-hydrogen) atoms. The summed E-state index contributed by atoms with van der Waals surface area (Å²) < 4.78 is 31.4. The number of sulfone groups is 1. The molecule has 8 nitrogen and oxygen atoms in total. The van der Waals surface area contributed by atoms with Crippen LogP contribution in [-0.2, 0) is 19.4 Å². The largest absolute Gasteiger partial charge is 0.482 e. The first-order valence-electron chi connectivity index (χ1n) is 10.3. The molecule has 2 aliphatic heterocycles. The number of ether oxygens (including phenoxy) is 1. The molecule has 2 heterocycles. The van der Waals surface area contributed by atoms with Gasteiger partial charge in [0, 0.05) is 43.3 Å². The Balaban J connectivity index is 1.38. The lowest BCUT2D eigenvalue weighted by atomic mass is 10.2. The Morgan fingerprint density at radius 3 is 2.62 bits per heavy atom. The molecule has 2 amide bonds. The van der Waals surface area contributed by atoms with Crippen LogP contribution in [0.2, 0.25) is 5.02 Å². The van der Waals surface area contributed by atoms with E-state index in [0.717, 1.165) is 5.69 Å². The molecule has 0 bridgehead atoms. The molecule has 4 rings (SSSR count). The van der Waals surface area contributed by atoms with E-state index in [9.17, 15) is 18.0 Å². The number of benzene rings is 2. The van der Waals surface area contributed by atoms with Gasteiger partial charge in [0.1, 0.15) is 5.75 Å². The van der Waals surface area contributed by atoms with E-state index in [4.69, 9.17) is 16.3 Å². The van der Waals surface area contributed by atoms with Crippen molar-refractivity contribution in [3.8, 4) is 5.75 Å². The number of carbonyl (C=O) groups is 2. The van der Waals surface area contributed by atoms with Crippen LogP contribution in [0.5, 0.6) is 5.75 Å². The maximum atomic E-state index is 13.0. The number of nitrogens with one attached hydrogen (secondary N) is 1. The third kappa shape index (κ3) is 4.68. The third-order valence-corrected chi connectivity index (χ3v) is 8.08. The molecule has 170 valence electrons. The number of nitrogens with zero attached hydrogens (tertiary/aromatic N) is 2. The third-order valence-electron chi connectivity index (χ3n) is 5.71. The maximum absolute atomic E-state index is 13.0. The van der Waals surface area contributed by atoms with Crippen LogP contribution in [0.25, 0.3) is 0 Å². The summed E-state index contributed by atoms with van der Waals surface area (Å²) in [4.78, 5) is 28.2. The number of halogens is 1. The highest BCUT2D eigenvalue weighted by molar-refractivity contribution is 7.92. The molecule has 0 aliphatic carbocycles. The highest BCUT2D eigenvalue weighted by atomic mass is 35.5. The van der Waals surface area contributed by atoms with Crippen LogP contribution < -0.4 is 15.0 Å². The van der Waals surface area contributed by atoms with Crippen LogP contribution in [0.3, 0.4) is 0 Å². The second-order valence-electron chi connectivity index (χ2n) is 7.90. The van der Waals surface area contributed by atoms with Gasteiger partial charge in [0.05, 0.1) is 15.8 Å². The smallest absolute Gasteiger partial charge is 0.262 e. The topological polar surface area (TPSA) is 96.0 Å². The lowest BCUT2D eigenvalue weighted by Gasteiger charge is -2.36. The molecule has 0 unspecified atom stereocenters. The normalized spacial score (nSPS) is 17.2. The number of carbonyl (C=O) groups excluding carboxylic acids is 2. The van der Waals surface area contributed by atoms with Gasteiger partial charge in [-0.3, -0.25) is 9.59 Å². The molecule has 0 radical (unpaired) electrons. The first-order valence-corrected chi connectivity index (χ1v) is 12.3. The highest BCUT2D eigenvalue weighted by Crippen LogP contribution is 2.32. The molecule has 0 saturated carbocycles. The molecule has 1 atom stereocenters. The van der Waals surface area contributed by atoms with Crippen LogP contribution in [-0.4, -0.2) is 63.2 Å². The molecule has 1 fully saturated rings. The summed E-state index contributed by atoms with van der Waals surface area (Å²) >= 11 is 6.06. The van der Waals surface area contributed by atoms with Crippen molar-refractivity contribution >= 4 is 44.6 Å². The van der Waals surface area contributed by atoms with E-state index in [-0.39, 0.29) is 29.7 Å². The van der Waals surface area contributed by atoms with E-state index in [2.05, 4.69) is 10.2 Å². The van der Waals surface area contributed by atoms with Gasteiger partial charge < -0.3 is 19.9 Å². The Morgan fingerprint density at radius 1 is 1.16 bits per heavy atom. The van der Waals surface area contributed by atoms with E-state index in [0.29, 0.717) is 42.6 Å². The van der Waals surface area contributed by atoms with E-state index in [1.54, 1.807) is 4.90 Å². The fraction of sp³-hybridized carbons (Fsp3) is 0.364. The summed E-state index contributed by atoms with van der Waals surface area (Å²) in [6.45, 7) is 3.76. The van der Waals surface area contributed by atoms with Crippen molar-refractivity contribution in [2.24, 2.45) is 0 Å². The van der Waals surface area contributed by atoms with Crippen molar-refractivity contribution in [1.82, 2.24) is 4.90 Å². The van der Waals surface area contributed by atoms with Crippen LogP contribution in [0.1, 0.15) is 13.3 Å². The molecule has 10 heteroatoms. The SMILES string of the molecule is C[C@@H](CC(=O)N1CCN(c2cccc(Cl)c2)CC1)S(=O)(=O)c1ccc2c(c1)NC(=O)CO2. The molecule has 1 N–H and O–H groups in total. The molecule has 1 saturated heterocycles. The monoisotopic (exact) mass is 477 g/mol. The molecule has 2 aromatic carbocycles. The van der Waals surface area contributed by atoms with Crippen LogP contribution in [0.15, 0.2) is 47.4 Å². The van der Waals surface area contributed by atoms with Crippen molar-refractivity contribution < 1.29 is 22.7 Å². The van der Waals surface area contributed by atoms with Gasteiger partial charge in [0.15, 0.2) is 16.4 Å². The Hall–Kier alpha value is -2.78. The standard InChI is InChI=1S/C22H24ClN3O5S/c1-15(32(29,30)18-5-6-20-19(13-18)24-21(27)14-31-20)11-22(28)26-9-7-25(8-10-26)17-4-2-3-16(23)12-17/h2-6,12-13,15H,7-11,14H2,1H3,(H,24,27)/t15-/m0/s1. The minimum absolute atomic E-state index is 0.0492. The van der Waals surface area contributed by atoms with Gasteiger partial charge >= 0.3 is 0 Å². The Kier molecular flexibility index (Phi) is 6.30. The summed E-state index contributed by atoms with van der Waals surface area (Å²) in [6, 6.07) is 11.9. The van der Waals surface area contributed by atoms with Crippen LogP contribution >= 0.6 is 11.6 Å². The fourth-order valence-corrected chi connectivity index (χ4v) is 5.39. The number of anilines is 2. The molecular formula is C22H24ClN3O5S. The van der Waals surface area contributed by atoms with Crippen LogP contribution in [0, 0.1) is 0 Å². The van der Waals surface area contributed by atoms with E-state index >= 15 is 0 Å². The molecular weight excluding hydrogens is 454 g/mol. The van der Waals surface area contributed by atoms with Gasteiger partial charge in [0.2, 0.25) is 5.91 Å². The molecule has 2 aliphatic rings. The van der Waals surface area contributed by atoms with Gasteiger partial charge in [-0.2, -0.15) is 0 Å². The number of hydrogen-bond donors (Lipinski definition) is 1. The zero-order valence-corrected chi connectivity index (χ0v) is 19.2. The fourth-order valence-electron chi connectivity index (χ4n) is 3.84. The minimum Gasteiger partial charge on any atom is -0.482 e. The van der Waals surface area contributed by atoms with E-state index < -0.39 is 15.1 Å². The summed E-state index contributed by atoms with van der Waals surface area (Å²) in [6.07, 6.45) is -0.112. The van der Waals surface area contributed by atoms with Gasteiger partial charge in [0.25, 0.3) is 5.91 Å². The first-order chi connectivity index (χ1) is 15.2. The Bertz CT molecular complexity index is 1150. The number of amides is 2. The lowest BCUT2D eigenvalue weighted by molar-refractivity contribution is -0.131. The van der Waals surface area contributed by atoms with Crippen molar-refractivity contribution in [2.75, 3.05) is 43.0 Å². The van der Waals surface area contributed by atoms with Gasteiger partial charge in [-0.1, -0.05) is 17.7 Å². The quantitative estimate of drug-likeness (QED) is 0.711. The molecule has 0 spiro atoms. The highest BCUT2D eigenvalue weighted by Gasteiger charge is 2.30.